The molecule has 0 spiro atoms. The Morgan fingerprint density at radius 3 is 2.44 bits per heavy atom. The highest BCUT2D eigenvalue weighted by molar-refractivity contribution is 14.0. The smallest absolute Gasteiger partial charge is 0.261 e. The van der Waals surface area contributed by atoms with Gasteiger partial charge in [0.1, 0.15) is 0 Å². The van der Waals surface area contributed by atoms with Crippen molar-refractivity contribution in [3.05, 3.63) is 57.8 Å². The highest BCUT2D eigenvalue weighted by Gasteiger charge is 2.04. The molecule has 136 valence electrons. The molecule has 0 bridgehead atoms. The van der Waals surface area contributed by atoms with E-state index in [-0.39, 0.29) is 29.9 Å². The summed E-state index contributed by atoms with van der Waals surface area (Å²) in [5, 5.41) is 11.3. The average molecular weight is 472 g/mol. The van der Waals surface area contributed by atoms with Crippen LogP contribution in [0.4, 0.5) is 0 Å². The highest BCUT2D eigenvalue weighted by atomic mass is 127. The highest BCUT2D eigenvalue weighted by Crippen LogP contribution is 2.07. The van der Waals surface area contributed by atoms with Gasteiger partial charge in [0.25, 0.3) is 5.91 Å². The van der Waals surface area contributed by atoms with Crippen LogP contribution in [-0.4, -0.2) is 32.0 Å². The van der Waals surface area contributed by atoms with Gasteiger partial charge in [-0.05, 0) is 30.4 Å². The molecule has 0 saturated heterocycles. The van der Waals surface area contributed by atoms with E-state index in [0.29, 0.717) is 6.54 Å². The summed E-state index contributed by atoms with van der Waals surface area (Å²) in [7, 11) is 1.75. The Hall–Kier alpha value is -1.61. The van der Waals surface area contributed by atoms with E-state index in [9.17, 15) is 4.79 Å². The summed E-state index contributed by atoms with van der Waals surface area (Å²) in [6, 6.07) is 12.1. The third-order valence-corrected chi connectivity index (χ3v) is 4.35. The van der Waals surface area contributed by atoms with Crippen LogP contribution in [0, 0.1) is 6.92 Å². The van der Waals surface area contributed by atoms with Crippen LogP contribution >= 0.6 is 35.3 Å². The average Bonchev–Trinajstić information content (AvgIpc) is 3.13. The van der Waals surface area contributed by atoms with Gasteiger partial charge in [0.05, 0.1) is 4.88 Å². The summed E-state index contributed by atoms with van der Waals surface area (Å²) >= 11 is 1.45. The first-order valence-electron chi connectivity index (χ1n) is 8.01. The van der Waals surface area contributed by atoms with Crippen molar-refractivity contribution in [1.29, 1.82) is 0 Å². The molecule has 5 nitrogen and oxygen atoms in total. The number of thiophene rings is 1. The fraction of sp³-hybridized carbons (Fsp3) is 0.333. The Morgan fingerprint density at radius 1 is 1.08 bits per heavy atom. The normalized spacial score (nSPS) is 10.7. The number of benzene rings is 1. The topological polar surface area (TPSA) is 65.5 Å². The maximum absolute atomic E-state index is 11.8. The number of rotatable bonds is 7. The summed E-state index contributed by atoms with van der Waals surface area (Å²) in [4.78, 5) is 16.7. The van der Waals surface area contributed by atoms with Crippen molar-refractivity contribution in [1.82, 2.24) is 16.0 Å². The quantitative estimate of drug-likeness (QED) is 0.251. The first-order valence-corrected chi connectivity index (χ1v) is 8.89. The minimum absolute atomic E-state index is 0. The Bertz CT molecular complexity index is 656. The Morgan fingerprint density at radius 2 is 1.80 bits per heavy atom. The fourth-order valence-electron chi connectivity index (χ4n) is 2.10. The lowest BCUT2D eigenvalue weighted by atomic mass is 10.1. The molecule has 0 unspecified atom stereocenters. The molecule has 3 N–H and O–H groups in total. The number of aliphatic imine (C=N–C) groups is 1. The molecule has 0 atom stereocenters. The Labute approximate surface area is 170 Å². The van der Waals surface area contributed by atoms with Crippen LogP contribution in [0.1, 0.15) is 27.2 Å². The van der Waals surface area contributed by atoms with Gasteiger partial charge in [-0.25, -0.2) is 0 Å². The van der Waals surface area contributed by atoms with Crippen molar-refractivity contribution < 1.29 is 4.79 Å². The number of hydrogen-bond donors (Lipinski definition) is 3. The maximum atomic E-state index is 11.8. The van der Waals surface area contributed by atoms with Gasteiger partial charge in [0, 0.05) is 26.7 Å². The molecule has 0 aliphatic heterocycles. The predicted molar refractivity (Wildman–Crippen MR) is 116 cm³/mol. The van der Waals surface area contributed by atoms with Crippen LogP contribution in [0.25, 0.3) is 0 Å². The van der Waals surface area contributed by atoms with Gasteiger partial charge in [0.15, 0.2) is 5.96 Å². The summed E-state index contributed by atoms with van der Waals surface area (Å²) in [6.45, 7) is 4.20. The predicted octanol–water partition coefficient (Wildman–Crippen LogP) is 3.16. The number of carbonyl (C=O) groups excluding carboxylic acids is 1. The van der Waals surface area contributed by atoms with Crippen LogP contribution < -0.4 is 16.0 Å². The molecule has 2 rings (SSSR count). The van der Waals surface area contributed by atoms with Crippen molar-refractivity contribution in [3.63, 3.8) is 0 Å². The number of hydrogen-bond acceptors (Lipinski definition) is 3. The van der Waals surface area contributed by atoms with E-state index in [0.717, 1.165) is 30.3 Å². The van der Waals surface area contributed by atoms with E-state index >= 15 is 0 Å². The monoisotopic (exact) mass is 472 g/mol. The number of guanidine groups is 1. The Kier molecular flexibility index (Phi) is 10.2. The van der Waals surface area contributed by atoms with Gasteiger partial charge in [0.2, 0.25) is 0 Å². The largest absolute Gasteiger partial charge is 0.356 e. The minimum Gasteiger partial charge on any atom is -0.356 e. The first kappa shape index (κ1) is 21.4. The van der Waals surface area contributed by atoms with Gasteiger partial charge in [-0.1, -0.05) is 35.9 Å². The molecule has 1 aromatic heterocycles. The third kappa shape index (κ3) is 7.87. The molecule has 0 fully saturated rings. The number of amides is 1. The van der Waals surface area contributed by atoms with Crippen molar-refractivity contribution in [3.8, 4) is 0 Å². The van der Waals surface area contributed by atoms with Gasteiger partial charge in [-0.2, -0.15) is 0 Å². The van der Waals surface area contributed by atoms with E-state index in [2.05, 4.69) is 52.1 Å². The molecule has 1 amide bonds. The van der Waals surface area contributed by atoms with Crippen molar-refractivity contribution >= 4 is 47.2 Å². The van der Waals surface area contributed by atoms with Crippen LogP contribution in [0.2, 0.25) is 0 Å². The van der Waals surface area contributed by atoms with Crippen molar-refractivity contribution in [2.75, 3.05) is 20.1 Å². The van der Waals surface area contributed by atoms with E-state index < -0.39 is 0 Å². The second-order valence-corrected chi connectivity index (χ2v) is 6.37. The number of nitrogens with zero attached hydrogens (tertiary/aromatic N) is 1. The molecular weight excluding hydrogens is 447 g/mol. The van der Waals surface area contributed by atoms with Crippen LogP contribution in [0.5, 0.6) is 0 Å². The fourth-order valence-corrected chi connectivity index (χ4v) is 2.74. The van der Waals surface area contributed by atoms with Gasteiger partial charge >= 0.3 is 0 Å². The summed E-state index contributed by atoms with van der Waals surface area (Å²) in [6.07, 6.45) is 0.836. The SMILES string of the molecule is CN=C(NCCCNC(=O)c1cccs1)NCc1ccc(C)cc1.I. The molecule has 0 aliphatic carbocycles. The molecule has 1 heterocycles. The van der Waals surface area contributed by atoms with Crippen LogP contribution in [0.3, 0.4) is 0 Å². The van der Waals surface area contributed by atoms with Gasteiger partial charge < -0.3 is 16.0 Å². The zero-order chi connectivity index (χ0) is 17.2. The second-order valence-electron chi connectivity index (χ2n) is 5.42. The van der Waals surface area contributed by atoms with Crippen molar-refractivity contribution in [2.45, 2.75) is 19.9 Å². The molecule has 0 saturated carbocycles. The Balaban J connectivity index is 0.00000312. The van der Waals surface area contributed by atoms with Gasteiger partial charge in [-0.15, -0.1) is 35.3 Å². The molecule has 0 radical (unpaired) electrons. The number of aryl methyl sites for hydroxylation is 1. The van der Waals surface area contributed by atoms with E-state index in [1.54, 1.807) is 7.05 Å². The van der Waals surface area contributed by atoms with Crippen molar-refractivity contribution in [2.24, 2.45) is 4.99 Å². The van der Waals surface area contributed by atoms with Crippen LogP contribution in [-0.2, 0) is 6.54 Å². The molecule has 25 heavy (non-hydrogen) atoms. The zero-order valence-corrected chi connectivity index (χ0v) is 17.7. The summed E-state index contributed by atoms with van der Waals surface area (Å²) < 4.78 is 0. The van der Waals surface area contributed by atoms with E-state index in [1.165, 1.54) is 22.5 Å². The molecule has 7 heteroatoms. The lowest BCUT2D eigenvalue weighted by molar-refractivity contribution is 0.0957. The van der Waals surface area contributed by atoms with Crippen LogP contribution in [0.15, 0.2) is 46.8 Å². The van der Waals surface area contributed by atoms with Gasteiger partial charge in [-0.3, -0.25) is 9.79 Å². The number of nitrogens with one attached hydrogen (secondary N) is 3. The minimum atomic E-state index is -0.00752. The van der Waals surface area contributed by atoms with E-state index in [4.69, 9.17) is 0 Å². The second kappa shape index (κ2) is 11.9. The molecular formula is C18H25IN4OS. The first-order chi connectivity index (χ1) is 11.7. The summed E-state index contributed by atoms with van der Waals surface area (Å²) in [5.74, 6) is 0.757. The molecule has 2 aromatic rings. The maximum Gasteiger partial charge on any atom is 0.261 e. The standard InChI is InChI=1S/C18H24N4OS.HI/c1-14-6-8-15(9-7-14)13-22-18(19-2)21-11-4-10-20-17(23)16-5-3-12-24-16;/h3,5-9,12H,4,10-11,13H2,1-2H3,(H,20,23)(H2,19,21,22);1H. The molecule has 1 aromatic carbocycles. The zero-order valence-electron chi connectivity index (χ0n) is 14.5. The summed E-state index contributed by atoms with van der Waals surface area (Å²) in [5.41, 5.74) is 2.47. The van der Waals surface area contributed by atoms with E-state index in [1.807, 2.05) is 17.5 Å². The molecule has 0 aliphatic rings. The number of halogens is 1. The lowest BCUT2D eigenvalue weighted by Gasteiger charge is -2.12. The lowest BCUT2D eigenvalue weighted by Crippen LogP contribution is -2.38. The number of carbonyl (C=O) groups is 1. The third-order valence-electron chi connectivity index (χ3n) is 3.48.